The average Bonchev–Trinajstić information content (AvgIpc) is 2.62. The lowest BCUT2D eigenvalue weighted by Crippen LogP contribution is -2.39. The number of carbonyl (C=O) groups excluding carboxylic acids is 2. The number of ether oxygens (including phenoxy) is 1. The Kier molecular flexibility index (Phi) is 4.22. The molecule has 2 aliphatic heterocycles. The van der Waals surface area contributed by atoms with E-state index in [1.807, 2.05) is 30.3 Å². The monoisotopic (exact) mass is 355 g/mol. The molecule has 2 heterocycles. The molecule has 4 nitrogen and oxygen atoms in total. The summed E-state index contributed by atoms with van der Waals surface area (Å²) in [5.74, 6) is 0.0657. The number of rotatable bonds is 2. The van der Waals surface area contributed by atoms with Crippen LogP contribution in [0.3, 0.4) is 0 Å². The van der Waals surface area contributed by atoms with Crippen molar-refractivity contribution >= 4 is 23.4 Å². The molecular weight excluding hydrogens is 338 g/mol. The molecule has 128 valence electrons. The van der Waals surface area contributed by atoms with Crippen molar-refractivity contribution in [3.05, 3.63) is 52.5 Å². The number of halogens is 1. The van der Waals surface area contributed by atoms with Crippen molar-refractivity contribution in [2.24, 2.45) is 0 Å². The Balaban J connectivity index is 1.72. The van der Waals surface area contributed by atoms with Crippen molar-refractivity contribution in [2.75, 3.05) is 6.61 Å². The summed E-state index contributed by atoms with van der Waals surface area (Å²) in [6.07, 6.45) is 2.84. The molecule has 0 aromatic heterocycles. The normalized spacial score (nSPS) is 19.8. The summed E-state index contributed by atoms with van der Waals surface area (Å²) in [5.41, 5.74) is 3.88. The van der Waals surface area contributed by atoms with Crippen molar-refractivity contribution in [3.63, 3.8) is 0 Å². The zero-order valence-electron chi connectivity index (χ0n) is 13.7. The van der Waals surface area contributed by atoms with Gasteiger partial charge in [-0.25, -0.2) is 0 Å². The quantitative estimate of drug-likeness (QED) is 0.832. The van der Waals surface area contributed by atoms with E-state index in [2.05, 4.69) is 11.4 Å². The van der Waals surface area contributed by atoms with Crippen LogP contribution >= 0.6 is 11.6 Å². The second-order valence-electron chi connectivity index (χ2n) is 6.49. The van der Waals surface area contributed by atoms with Gasteiger partial charge in [-0.2, -0.15) is 0 Å². The number of fused-ring (bicyclic) bond motifs is 1. The molecule has 2 aromatic rings. The molecule has 1 N–H and O–H groups in total. The summed E-state index contributed by atoms with van der Waals surface area (Å²) in [6.45, 7) is 0.762. The van der Waals surface area contributed by atoms with Crippen molar-refractivity contribution in [3.8, 4) is 16.9 Å². The smallest absolute Gasteiger partial charge is 0.234 e. The summed E-state index contributed by atoms with van der Waals surface area (Å²) < 4.78 is 5.67. The number of piperidine rings is 1. The van der Waals surface area contributed by atoms with Crippen LogP contribution in [0.5, 0.6) is 5.75 Å². The molecule has 0 aliphatic carbocycles. The molecule has 2 amide bonds. The van der Waals surface area contributed by atoms with E-state index in [-0.39, 0.29) is 17.7 Å². The van der Waals surface area contributed by atoms with E-state index >= 15 is 0 Å². The summed E-state index contributed by atoms with van der Waals surface area (Å²) in [4.78, 5) is 23.6. The van der Waals surface area contributed by atoms with Crippen LogP contribution in [0.15, 0.2) is 36.4 Å². The maximum Gasteiger partial charge on any atom is 0.234 e. The molecule has 0 saturated carbocycles. The first-order chi connectivity index (χ1) is 12.1. The number of benzene rings is 2. The van der Waals surface area contributed by atoms with E-state index in [9.17, 15) is 9.59 Å². The van der Waals surface area contributed by atoms with Crippen LogP contribution in [-0.2, 0) is 16.0 Å². The highest BCUT2D eigenvalue weighted by atomic mass is 35.5. The van der Waals surface area contributed by atoms with Gasteiger partial charge >= 0.3 is 0 Å². The SMILES string of the molecule is O=C1CCC(c2cccc(-c3ccc4c(c3)CCCO4)c2Cl)C(=O)N1. The van der Waals surface area contributed by atoms with Crippen LogP contribution in [0.4, 0.5) is 0 Å². The lowest BCUT2D eigenvalue weighted by molar-refractivity contribution is -0.134. The van der Waals surface area contributed by atoms with E-state index in [0.717, 1.165) is 41.9 Å². The first kappa shape index (κ1) is 16.2. The van der Waals surface area contributed by atoms with Crippen LogP contribution in [0.1, 0.15) is 36.3 Å². The van der Waals surface area contributed by atoms with E-state index in [4.69, 9.17) is 16.3 Å². The molecule has 1 unspecified atom stereocenters. The minimum absolute atomic E-state index is 0.219. The predicted octanol–water partition coefficient (Wildman–Crippen LogP) is 3.85. The fraction of sp³-hybridized carbons (Fsp3) is 0.300. The molecule has 25 heavy (non-hydrogen) atoms. The van der Waals surface area contributed by atoms with E-state index in [1.54, 1.807) is 0 Å². The van der Waals surface area contributed by atoms with Crippen LogP contribution in [0, 0.1) is 0 Å². The van der Waals surface area contributed by atoms with E-state index in [1.165, 1.54) is 5.56 Å². The Morgan fingerprint density at radius 3 is 2.84 bits per heavy atom. The number of carbonyl (C=O) groups is 2. The highest BCUT2D eigenvalue weighted by Crippen LogP contribution is 2.38. The number of hydrogen-bond acceptors (Lipinski definition) is 3. The van der Waals surface area contributed by atoms with Gasteiger partial charge in [0.15, 0.2) is 0 Å². The molecule has 1 atom stereocenters. The number of imide groups is 1. The highest BCUT2D eigenvalue weighted by Gasteiger charge is 2.30. The van der Waals surface area contributed by atoms with Crippen molar-refractivity contribution in [2.45, 2.75) is 31.6 Å². The molecule has 5 heteroatoms. The number of hydrogen-bond donors (Lipinski definition) is 1. The van der Waals surface area contributed by atoms with Crippen molar-refractivity contribution in [1.29, 1.82) is 0 Å². The molecule has 1 saturated heterocycles. The van der Waals surface area contributed by atoms with Gasteiger partial charge in [0.1, 0.15) is 5.75 Å². The van der Waals surface area contributed by atoms with Gasteiger partial charge in [0.25, 0.3) is 0 Å². The minimum atomic E-state index is -0.383. The molecule has 0 spiro atoms. The van der Waals surface area contributed by atoms with Gasteiger partial charge < -0.3 is 4.74 Å². The maximum absolute atomic E-state index is 12.2. The predicted molar refractivity (Wildman–Crippen MR) is 95.8 cm³/mol. The molecule has 4 rings (SSSR count). The van der Waals surface area contributed by atoms with Gasteiger partial charge in [-0.05, 0) is 48.1 Å². The van der Waals surface area contributed by atoms with Crippen LogP contribution in [-0.4, -0.2) is 18.4 Å². The fourth-order valence-corrected chi connectivity index (χ4v) is 3.93. The first-order valence-electron chi connectivity index (χ1n) is 8.51. The summed E-state index contributed by atoms with van der Waals surface area (Å²) >= 11 is 6.67. The topological polar surface area (TPSA) is 55.4 Å². The molecule has 1 fully saturated rings. The van der Waals surface area contributed by atoms with Gasteiger partial charge in [0, 0.05) is 12.0 Å². The second kappa shape index (κ2) is 6.52. The van der Waals surface area contributed by atoms with Gasteiger partial charge in [0.05, 0.1) is 17.5 Å². The average molecular weight is 356 g/mol. The Morgan fingerprint density at radius 1 is 1.12 bits per heavy atom. The molecule has 0 bridgehead atoms. The van der Waals surface area contributed by atoms with Crippen molar-refractivity contribution < 1.29 is 14.3 Å². The Labute approximate surface area is 151 Å². The first-order valence-corrected chi connectivity index (χ1v) is 8.89. The fourth-order valence-electron chi connectivity index (χ4n) is 3.56. The third-order valence-corrected chi connectivity index (χ3v) is 5.28. The number of nitrogens with one attached hydrogen (secondary N) is 1. The van der Waals surface area contributed by atoms with Gasteiger partial charge in [-0.1, -0.05) is 35.9 Å². The van der Waals surface area contributed by atoms with Gasteiger partial charge in [-0.15, -0.1) is 0 Å². The van der Waals surface area contributed by atoms with Gasteiger partial charge in [-0.3, -0.25) is 14.9 Å². The van der Waals surface area contributed by atoms with E-state index in [0.29, 0.717) is 17.9 Å². The summed E-state index contributed by atoms with van der Waals surface area (Å²) in [5, 5.41) is 2.98. The third-order valence-electron chi connectivity index (χ3n) is 4.86. The minimum Gasteiger partial charge on any atom is -0.493 e. The Hall–Kier alpha value is -2.33. The zero-order valence-corrected chi connectivity index (χ0v) is 14.4. The number of aryl methyl sites for hydroxylation is 1. The third kappa shape index (κ3) is 3.02. The molecule has 0 radical (unpaired) electrons. The van der Waals surface area contributed by atoms with Gasteiger partial charge in [0.2, 0.25) is 11.8 Å². The van der Waals surface area contributed by atoms with E-state index < -0.39 is 0 Å². The largest absolute Gasteiger partial charge is 0.493 e. The molecule has 2 aliphatic rings. The lowest BCUT2D eigenvalue weighted by Gasteiger charge is -2.23. The Morgan fingerprint density at radius 2 is 2.00 bits per heavy atom. The van der Waals surface area contributed by atoms with Crippen LogP contribution < -0.4 is 10.1 Å². The number of amides is 2. The standard InChI is InChI=1S/C20H18ClNO3/c21-19-14(12-6-8-17-13(11-12)3-2-10-25-17)4-1-5-15(19)16-7-9-18(23)22-20(16)24/h1,4-6,8,11,16H,2-3,7,9-10H2,(H,22,23,24). The Bertz CT molecular complexity index is 862. The lowest BCUT2D eigenvalue weighted by atomic mass is 9.88. The second-order valence-corrected chi connectivity index (χ2v) is 6.86. The zero-order chi connectivity index (χ0) is 17.4. The van der Waals surface area contributed by atoms with Crippen LogP contribution in [0.2, 0.25) is 5.02 Å². The summed E-state index contributed by atoms with van der Waals surface area (Å²) in [6, 6.07) is 11.8. The highest BCUT2D eigenvalue weighted by molar-refractivity contribution is 6.34. The van der Waals surface area contributed by atoms with Crippen LogP contribution in [0.25, 0.3) is 11.1 Å². The molecular formula is C20H18ClNO3. The maximum atomic E-state index is 12.2. The molecule has 2 aromatic carbocycles. The van der Waals surface area contributed by atoms with Crippen molar-refractivity contribution in [1.82, 2.24) is 5.32 Å². The summed E-state index contributed by atoms with van der Waals surface area (Å²) in [7, 11) is 0.